The van der Waals surface area contributed by atoms with Gasteiger partial charge in [-0.3, -0.25) is 0 Å². The maximum Gasteiger partial charge on any atom is 0.202 e. The van der Waals surface area contributed by atoms with E-state index in [9.17, 15) is 5.11 Å². The van der Waals surface area contributed by atoms with Gasteiger partial charge in [0.1, 0.15) is 11.4 Å². The van der Waals surface area contributed by atoms with Gasteiger partial charge < -0.3 is 10.4 Å². The molecule has 1 unspecified atom stereocenters. The van der Waals surface area contributed by atoms with Gasteiger partial charge in [-0.25, -0.2) is 4.98 Å². The topological polar surface area (TPSA) is 58.0 Å². The van der Waals surface area contributed by atoms with E-state index in [0.717, 1.165) is 16.5 Å². The van der Waals surface area contributed by atoms with Crippen molar-refractivity contribution in [3.05, 3.63) is 41.7 Å². The van der Waals surface area contributed by atoms with Crippen molar-refractivity contribution in [1.82, 2.24) is 9.36 Å². The van der Waals surface area contributed by atoms with E-state index >= 15 is 0 Å². The summed E-state index contributed by atoms with van der Waals surface area (Å²) in [5, 5.41) is 14.4. The summed E-state index contributed by atoms with van der Waals surface area (Å²) < 4.78 is 4.35. The summed E-state index contributed by atoms with van der Waals surface area (Å²) >= 11 is 1.33. The molecule has 0 bridgehead atoms. The van der Waals surface area contributed by atoms with E-state index in [2.05, 4.69) is 35.4 Å². The third-order valence-electron chi connectivity index (χ3n) is 3.08. The fourth-order valence-electron chi connectivity index (χ4n) is 1.75. The molecule has 0 saturated heterocycles. The number of nitrogens with zero attached hydrogens (tertiary/aromatic N) is 2. The van der Waals surface area contributed by atoms with Crippen molar-refractivity contribution in [3.8, 4) is 0 Å². The molecule has 0 aliphatic rings. The van der Waals surface area contributed by atoms with Gasteiger partial charge in [0.25, 0.3) is 0 Å². The monoisotopic (exact) mass is 291 g/mol. The van der Waals surface area contributed by atoms with Gasteiger partial charge in [0.2, 0.25) is 5.13 Å². The number of aromatic nitrogens is 2. The Hall–Kier alpha value is -1.46. The third-order valence-corrected chi connectivity index (χ3v) is 3.75. The molecule has 2 N–H and O–H groups in total. The van der Waals surface area contributed by atoms with Gasteiger partial charge in [-0.2, -0.15) is 4.37 Å². The molecule has 0 radical (unpaired) electrons. The van der Waals surface area contributed by atoms with Crippen LogP contribution in [0.3, 0.4) is 0 Å². The first kappa shape index (κ1) is 14.9. The zero-order valence-corrected chi connectivity index (χ0v) is 13.2. The summed E-state index contributed by atoms with van der Waals surface area (Å²) in [5.74, 6) is 0.823. The summed E-state index contributed by atoms with van der Waals surface area (Å²) in [5.41, 5.74) is -0.110. The van der Waals surface area contributed by atoms with Crippen LogP contribution < -0.4 is 5.32 Å². The zero-order valence-electron chi connectivity index (χ0n) is 12.3. The minimum atomic E-state index is -0.936. The molecule has 2 rings (SSSR count). The molecule has 4 nitrogen and oxygen atoms in total. The van der Waals surface area contributed by atoms with Crippen LogP contribution in [-0.4, -0.2) is 21.0 Å². The van der Waals surface area contributed by atoms with Crippen molar-refractivity contribution < 1.29 is 5.11 Å². The van der Waals surface area contributed by atoms with Gasteiger partial charge in [-0.15, -0.1) is 0 Å². The van der Waals surface area contributed by atoms with Crippen LogP contribution in [0.4, 0.5) is 5.13 Å². The fourth-order valence-corrected chi connectivity index (χ4v) is 2.50. The van der Waals surface area contributed by atoms with Crippen LogP contribution in [0.5, 0.6) is 0 Å². The lowest BCUT2D eigenvalue weighted by Gasteiger charge is -2.23. The van der Waals surface area contributed by atoms with E-state index in [1.165, 1.54) is 11.5 Å². The molecule has 1 aromatic carbocycles. The first-order valence-electron chi connectivity index (χ1n) is 6.65. The lowest BCUT2D eigenvalue weighted by Crippen LogP contribution is -2.30. The average Bonchev–Trinajstić information content (AvgIpc) is 2.86. The van der Waals surface area contributed by atoms with Crippen LogP contribution in [0.1, 0.15) is 39.1 Å². The molecular weight excluding hydrogens is 270 g/mol. The first-order chi connectivity index (χ1) is 9.29. The molecule has 1 aromatic heterocycles. The molecule has 0 spiro atoms. The van der Waals surface area contributed by atoms with Gasteiger partial charge in [0.05, 0.1) is 0 Å². The maximum absolute atomic E-state index is 10.5. The second-order valence-electron chi connectivity index (χ2n) is 6.17. The maximum atomic E-state index is 10.5. The molecule has 5 heteroatoms. The fraction of sp³-hybridized carbons (Fsp3) is 0.467. The molecule has 0 aliphatic heterocycles. The van der Waals surface area contributed by atoms with E-state index in [0.29, 0.717) is 6.54 Å². The number of aliphatic hydroxyl groups is 1. The van der Waals surface area contributed by atoms with Crippen LogP contribution in [0, 0.1) is 0 Å². The average molecular weight is 291 g/mol. The largest absolute Gasteiger partial charge is 0.384 e. The SMILES string of the molecule is CC(C)(C)c1nsc(NCC(C)(O)c2ccccc2)n1. The highest BCUT2D eigenvalue weighted by molar-refractivity contribution is 7.09. The number of rotatable bonds is 4. The van der Waals surface area contributed by atoms with Crippen molar-refractivity contribution in [2.24, 2.45) is 0 Å². The van der Waals surface area contributed by atoms with Crippen molar-refractivity contribution in [2.45, 2.75) is 38.7 Å². The van der Waals surface area contributed by atoms with Crippen LogP contribution >= 0.6 is 11.5 Å². The predicted molar refractivity (Wildman–Crippen MR) is 83.1 cm³/mol. The van der Waals surface area contributed by atoms with Gasteiger partial charge in [0, 0.05) is 23.5 Å². The number of hydrogen-bond donors (Lipinski definition) is 2. The Morgan fingerprint density at radius 2 is 1.80 bits per heavy atom. The smallest absolute Gasteiger partial charge is 0.202 e. The Morgan fingerprint density at radius 3 is 2.35 bits per heavy atom. The van der Waals surface area contributed by atoms with Crippen molar-refractivity contribution in [1.29, 1.82) is 0 Å². The molecule has 1 atom stereocenters. The molecular formula is C15H21N3OS. The normalized spacial score (nSPS) is 14.8. The minimum absolute atomic E-state index is 0.0572. The van der Waals surface area contributed by atoms with Crippen LogP contribution in [0.2, 0.25) is 0 Å². The molecule has 0 saturated carbocycles. The molecule has 1 heterocycles. The Kier molecular flexibility index (Phi) is 4.11. The van der Waals surface area contributed by atoms with E-state index in [4.69, 9.17) is 0 Å². The van der Waals surface area contributed by atoms with Crippen LogP contribution in [0.25, 0.3) is 0 Å². The summed E-state index contributed by atoms with van der Waals surface area (Å²) in [6.07, 6.45) is 0. The second kappa shape index (κ2) is 5.50. The van der Waals surface area contributed by atoms with Gasteiger partial charge in [-0.05, 0) is 12.5 Å². The highest BCUT2D eigenvalue weighted by Gasteiger charge is 2.24. The summed E-state index contributed by atoms with van der Waals surface area (Å²) in [6, 6.07) is 9.62. The van der Waals surface area contributed by atoms with E-state index in [1.54, 1.807) is 6.92 Å². The molecule has 0 aliphatic carbocycles. The minimum Gasteiger partial charge on any atom is -0.384 e. The van der Waals surface area contributed by atoms with Crippen molar-refractivity contribution in [2.75, 3.05) is 11.9 Å². The third kappa shape index (κ3) is 3.55. The first-order valence-corrected chi connectivity index (χ1v) is 7.42. The van der Waals surface area contributed by atoms with Crippen molar-refractivity contribution >= 4 is 16.7 Å². The predicted octanol–water partition coefficient (Wildman–Crippen LogP) is 3.16. The lowest BCUT2D eigenvalue weighted by atomic mass is 9.96. The zero-order chi connectivity index (χ0) is 14.8. The van der Waals surface area contributed by atoms with Crippen molar-refractivity contribution in [3.63, 3.8) is 0 Å². The molecule has 108 valence electrons. The van der Waals surface area contributed by atoms with E-state index in [-0.39, 0.29) is 5.41 Å². The quantitative estimate of drug-likeness (QED) is 0.908. The number of hydrogen-bond acceptors (Lipinski definition) is 5. The Bertz CT molecular complexity index is 558. The van der Waals surface area contributed by atoms with E-state index < -0.39 is 5.60 Å². The highest BCUT2D eigenvalue weighted by Crippen LogP contribution is 2.25. The van der Waals surface area contributed by atoms with Gasteiger partial charge in [0.15, 0.2) is 0 Å². The Labute approximate surface area is 124 Å². The second-order valence-corrected chi connectivity index (χ2v) is 6.92. The molecule has 20 heavy (non-hydrogen) atoms. The summed E-state index contributed by atoms with van der Waals surface area (Å²) in [4.78, 5) is 4.46. The highest BCUT2D eigenvalue weighted by atomic mass is 32.1. The standard InChI is InChI=1S/C15H21N3OS/c1-14(2,3)12-17-13(20-18-12)16-10-15(4,19)11-8-6-5-7-9-11/h5-9,19H,10H2,1-4H3,(H,16,17,18). The molecule has 0 amide bonds. The molecule has 0 fully saturated rings. The van der Waals surface area contributed by atoms with E-state index in [1.807, 2.05) is 30.3 Å². The number of nitrogens with one attached hydrogen (secondary N) is 1. The molecule has 2 aromatic rings. The van der Waals surface area contributed by atoms with Crippen LogP contribution in [-0.2, 0) is 11.0 Å². The number of anilines is 1. The summed E-state index contributed by atoms with van der Waals surface area (Å²) in [6.45, 7) is 8.44. The lowest BCUT2D eigenvalue weighted by molar-refractivity contribution is 0.0715. The Morgan fingerprint density at radius 1 is 1.15 bits per heavy atom. The summed E-state index contributed by atoms with van der Waals surface area (Å²) in [7, 11) is 0. The van der Waals surface area contributed by atoms with Crippen LogP contribution in [0.15, 0.2) is 30.3 Å². The van der Waals surface area contributed by atoms with Gasteiger partial charge in [-0.1, -0.05) is 51.1 Å². The van der Waals surface area contributed by atoms with Gasteiger partial charge >= 0.3 is 0 Å². The Balaban J connectivity index is 2.03. The number of benzene rings is 1.